The third-order valence-electron chi connectivity index (χ3n) is 3.97. The molecular formula is C16H21N3O3. The summed E-state index contributed by atoms with van der Waals surface area (Å²) in [5.41, 5.74) is 0.551. The van der Waals surface area contributed by atoms with Crippen molar-refractivity contribution in [3.8, 4) is 0 Å². The minimum absolute atomic E-state index is 0.000956. The summed E-state index contributed by atoms with van der Waals surface area (Å²) in [6, 6.07) is 3.57. The van der Waals surface area contributed by atoms with Crippen LogP contribution in [0.25, 0.3) is 5.65 Å². The summed E-state index contributed by atoms with van der Waals surface area (Å²) < 4.78 is 1.36. The van der Waals surface area contributed by atoms with Crippen molar-refractivity contribution in [2.24, 2.45) is 0 Å². The van der Waals surface area contributed by atoms with Crippen LogP contribution in [0.4, 0.5) is 0 Å². The van der Waals surface area contributed by atoms with Crippen LogP contribution in [0, 0.1) is 6.92 Å². The van der Waals surface area contributed by atoms with Crippen LogP contribution in [0.2, 0.25) is 0 Å². The molecule has 2 rings (SSSR count). The second kappa shape index (κ2) is 6.27. The monoisotopic (exact) mass is 303 g/mol. The number of rotatable bonds is 5. The van der Waals surface area contributed by atoms with Gasteiger partial charge >= 0.3 is 0 Å². The van der Waals surface area contributed by atoms with E-state index in [0.29, 0.717) is 18.5 Å². The van der Waals surface area contributed by atoms with Gasteiger partial charge in [-0.2, -0.15) is 0 Å². The molecule has 1 atom stereocenters. The lowest BCUT2D eigenvalue weighted by Gasteiger charge is -2.28. The van der Waals surface area contributed by atoms with Crippen molar-refractivity contribution >= 4 is 11.6 Å². The third kappa shape index (κ3) is 3.17. The standard InChI is InChI=1S/C16H21N3O3/c1-4-16(3,6-8-20)18-14(21)12-10-17-13-9-11(2)5-7-19(13)15(12)22/h5,7,9-10,20H,4,6,8H2,1-3H3,(H,18,21). The van der Waals surface area contributed by atoms with Crippen molar-refractivity contribution in [1.29, 1.82) is 0 Å². The van der Waals surface area contributed by atoms with E-state index in [2.05, 4.69) is 10.3 Å². The Morgan fingerprint density at radius 1 is 1.50 bits per heavy atom. The lowest BCUT2D eigenvalue weighted by molar-refractivity contribution is 0.0884. The summed E-state index contributed by atoms with van der Waals surface area (Å²) in [6.45, 7) is 5.65. The lowest BCUT2D eigenvalue weighted by atomic mass is 9.94. The molecule has 0 aliphatic carbocycles. The van der Waals surface area contributed by atoms with Crippen molar-refractivity contribution in [3.05, 3.63) is 46.0 Å². The van der Waals surface area contributed by atoms with E-state index >= 15 is 0 Å². The highest BCUT2D eigenvalue weighted by molar-refractivity contribution is 5.94. The largest absolute Gasteiger partial charge is 0.396 e. The van der Waals surface area contributed by atoms with Gasteiger partial charge in [-0.1, -0.05) is 6.92 Å². The van der Waals surface area contributed by atoms with Crippen LogP contribution in [-0.2, 0) is 0 Å². The Hall–Kier alpha value is -2.21. The molecule has 2 N–H and O–H groups in total. The average molecular weight is 303 g/mol. The number of hydrogen-bond donors (Lipinski definition) is 2. The van der Waals surface area contributed by atoms with Gasteiger partial charge in [-0.15, -0.1) is 0 Å². The van der Waals surface area contributed by atoms with E-state index in [0.717, 1.165) is 5.56 Å². The van der Waals surface area contributed by atoms with Gasteiger partial charge in [-0.3, -0.25) is 14.0 Å². The fourth-order valence-corrected chi connectivity index (χ4v) is 2.25. The fourth-order valence-electron chi connectivity index (χ4n) is 2.25. The van der Waals surface area contributed by atoms with Gasteiger partial charge in [0.05, 0.1) is 0 Å². The maximum absolute atomic E-state index is 12.4. The topological polar surface area (TPSA) is 83.7 Å². The molecule has 0 fully saturated rings. The number of aryl methyl sites for hydroxylation is 1. The molecule has 6 nitrogen and oxygen atoms in total. The SMILES string of the molecule is CCC(C)(CCO)NC(=O)c1cnc2cc(C)ccn2c1=O. The summed E-state index contributed by atoms with van der Waals surface area (Å²) in [5, 5.41) is 11.9. The number of hydrogen-bond acceptors (Lipinski definition) is 4. The minimum Gasteiger partial charge on any atom is -0.396 e. The summed E-state index contributed by atoms with van der Waals surface area (Å²) in [5.74, 6) is -0.467. The van der Waals surface area contributed by atoms with Crippen molar-refractivity contribution in [3.63, 3.8) is 0 Å². The first-order valence-corrected chi connectivity index (χ1v) is 7.31. The van der Waals surface area contributed by atoms with Gasteiger partial charge < -0.3 is 10.4 Å². The molecule has 6 heteroatoms. The van der Waals surface area contributed by atoms with Gasteiger partial charge in [0.2, 0.25) is 0 Å². The molecule has 0 bridgehead atoms. The van der Waals surface area contributed by atoms with Crippen molar-refractivity contribution in [1.82, 2.24) is 14.7 Å². The summed E-state index contributed by atoms with van der Waals surface area (Å²) in [7, 11) is 0. The molecule has 22 heavy (non-hydrogen) atoms. The smallest absolute Gasteiger partial charge is 0.270 e. The molecule has 0 saturated carbocycles. The van der Waals surface area contributed by atoms with Crippen LogP contribution in [0.1, 0.15) is 42.6 Å². The first kappa shape index (κ1) is 16.2. The Morgan fingerprint density at radius 2 is 2.23 bits per heavy atom. The first-order valence-electron chi connectivity index (χ1n) is 7.31. The molecule has 2 aromatic heterocycles. The molecule has 0 spiro atoms. The number of fused-ring (bicyclic) bond motifs is 1. The van der Waals surface area contributed by atoms with E-state index in [4.69, 9.17) is 5.11 Å². The van der Waals surface area contributed by atoms with Crippen LogP contribution in [0.3, 0.4) is 0 Å². The van der Waals surface area contributed by atoms with Gasteiger partial charge in [0.1, 0.15) is 11.2 Å². The third-order valence-corrected chi connectivity index (χ3v) is 3.97. The van der Waals surface area contributed by atoms with Gasteiger partial charge in [0, 0.05) is 24.5 Å². The van der Waals surface area contributed by atoms with Gasteiger partial charge in [0.15, 0.2) is 0 Å². The minimum atomic E-state index is -0.550. The molecule has 1 unspecified atom stereocenters. The highest BCUT2D eigenvalue weighted by Gasteiger charge is 2.25. The molecule has 0 saturated heterocycles. The molecule has 0 aliphatic heterocycles. The summed E-state index contributed by atoms with van der Waals surface area (Å²) in [4.78, 5) is 29.0. The maximum atomic E-state index is 12.4. The first-order chi connectivity index (χ1) is 10.4. The number of aromatic nitrogens is 2. The van der Waals surface area contributed by atoms with Crippen LogP contribution in [-0.4, -0.2) is 32.5 Å². The highest BCUT2D eigenvalue weighted by Crippen LogP contribution is 2.14. The number of aliphatic hydroxyl groups excluding tert-OH is 1. The van der Waals surface area contributed by atoms with Crippen molar-refractivity contribution < 1.29 is 9.90 Å². The van der Waals surface area contributed by atoms with Crippen LogP contribution >= 0.6 is 0 Å². The molecule has 0 aromatic carbocycles. The van der Waals surface area contributed by atoms with Gasteiger partial charge in [-0.05, 0) is 44.4 Å². The average Bonchev–Trinajstić information content (AvgIpc) is 2.47. The fraction of sp³-hybridized carbons (Fsp3) is 0.438. The Kier molecular flexibility index (Phi) is 4.61. The Labute approximate surface area is 128 Å². The van der Waals surface area contributed by atoms with E-state index in [1.54, 1.807) is 18.3 Å². The van der Waals surface area contributed by atoms with Crippen LogP contribution < -0.4 is 10.9 Å². The molecule has 0 radical (unpaired) electrons. The maximum Gasteiger partial charge on any atom is 0.270 e. The number of pyridine rings is 1. The quantitative estimate of drug-likeness (QED) is 0.871. The van der Waals surface area contributed by atoms with Crippen molar-refractivity contribution in [2.45, 2.75) is 39.2 Å². The molecule has 118 valence electrons. The zero-order valence-electron chi connectivity index (χ0n) is 13.1. The van der Waals surface area contributed by atoms with E-state index in [1.165, 1.54) is 10.6 Å². The number of nitrogens with zero attached hydrogens (tertiary/aromatic N) is 2. The summed E-state index contributed by atoms with van der Waals surface area (Å²) in [6.07, 6.45) is 4.00. The van der Waals surface area contributed by atoms with Gasteiger partial charge in [-0.25, -0.2) is 4.98 Å². The Morgan fingerprint density at radius 3 is 2.86 bits per heavy atom. The lowest BCUT2D eigenvalue weighted by Crippen LogP contribution is -2.47. The van der Waals surface area contributed by atoms with Crippen LogP contribution in [0.5, 0.6) is 0 Å². The second-order valence-electron chi connectivity index (χ2n) is 5.75. The highest BCUT2D eigenvalue weighted by atomic mass is 16.3. The van der Waals surface area contributed by atoms with Crippen molar-refractivity contribution in [2.75, 3.05) is 6.61 Å². The Balaban J connectivity index is 2.38. The Bertz CT molecular complexity index is 754. The predicted molar refractivity (Wildman–Crippen MR) is 84.1 cm³/mol. The number of nitrogens with one attached hydrogen (secondary N) is 1. The molecule has 2 aromatic rings. The summed E-state index contributed by atoms with van der Waals surface area (Å²) >= 11 is 0. The van der Waals surface area contributed by atoms with E-state index in [9.17, 15) is 9.59 Å². The zero-order valence-corrected chi connectivity index (χ0v) is 13.1. The van der Waals surface area contributed by atoms with E-state index in [-0.39, 0.29) is 12.2 Å². The number of amides is 1. The van der Waals surface area contributed by atoms with Gasteiger partial charge in [0.25, 0.3) is 11.5 Å². The van der Waals surface area contributed by atoms with Crippen LogP contribution in [0.15, 0.2) is 29.3 Å². The molecule has 0 aliphatic rings. The number of carbonyl (C=O) groups is 1. The molecule has 1 amide bonds. The second-order valence-corrected chi connectivity index (χ2v) is 5.75. The molecule has 2 heterocycles. The number of aliphatic hydroxyl groups is 1. The normalized spacial score (nSPS) is 13.8. The predicted octanol–water partition coefficient (Wildman–Crippen LogP) is 1.28. The number of carbonyl (C=O) groups excluding carboxylic acids is 1. The molecular weight excluding hydrogens is 282 g/mol. The zero-order chi connectivity index (χ0) is 16.3. The van der Waals surface area contributed by atoms with E-state index in [1.807, 2.05) is 20.8 Å². The van der Waals surface area contributed by atoms with E-state index < -0.39 is 17.0 Å².